The molecule has 2 aromatic rings. The Morgan fingerprint density at radius 3 is 2.10 bits per heavy atom. The highest BCUT2D eigenvalue weighted by molar-refractivity contribution is 7.10. The lowest BCUT2D eigenvalue weighted by atomic mass is 9.89. The highest BCUT2D eigenvalue weighted by Gasteiger charge is 2.39. The second-order valence-electron chi connectivity index (χ2n) is 6.25. The molecular formula is C19H17F6NO2S. The van der Waals surface area contributed by atoms with Crippen LogP contribution in [0.25, 0.3) is 0 Å². The van der Waals surface area contributed by atoms with Gasteiger partial charge in [0, 0.05) is 11.5 Å². The molecule has 3 unspecified atom stereocenters. The van der Waals surface area contributed by atoms with Gasteiger partial charge in [-0.15, -0.1) is 11.3 Å². The largest absolute Gasteiger partial charge is 0.416 e. The number of aliphatic hydroxyl groups is 1. The number of halogens is 6. The minimum atomic E-state index is -5.05. The smallest absolute Gasteiger partial charge is 0.387 e. The summed E-state index contributed by atoms with van der Waals surface area (Å²) >= 11 is 1.21. The van der Waals surface area contributed by atoms with Gasteiger partial charge in [0.2, 0.25) is 0 Å². The fourth-order valence-electron chi connectivity index (χ4n) is 2.72. The van der Waals surface area contributed by atoms with Crippen LogP contribution >= 0.6 is 11.3 Å². The van der Waals surface area contributed by atoms with E-state index in [4.69, 9.17) is 4.74 Å². The van der Waals surface area contributed by atoms with E-state index in [-0.39, 0.29) is 12.7 Å². The molecule has 0 radical (unpaired) electrons. The van der Waals surface area contributed by atoms with Gasteiger partial charge in [-0.2, -0.15) is 31.6 Å². The summed E-state index contributed by atoms with van der Waals surface area (Å²) in [7, 11) is 0. The maximum absolute atomic E-state index is 13.1. The van der Waals surface area contributed by atoms with Gasteiger partial charge in [0.15, 0.2) is 0 Å². The van der Waals surface area contributed by atoms with Gasteiger partial charge in [-0.3, -0.25) is 0 Å². The van der Waals surface area contributed by atoms with E-state index >= 15 is 0 Å². The lowest BCUT2D eigenvalue weighted by molar-refractivity contribution is -0.143. The first-order chi connectivity index (χ1) is 13.5. The molecule has 3 nitrogen and oxygen atoms in total. The van der Waals surface area contributed by atoms with Gasteiger partial charge in [0.25, 0.3) is 0 Å². The Balaban J connectivity index is 2.51. The third-order valence-electron chi connectivity index (χ3n) is 4.09. The van der Waals surface area contributed by atoms with Gasteiger partial charge >= 0.3 is 12.4 Å². The van der Waals surface area contributed by atoms with Crippen molar-refractivity contribution in [1.82, 2.24) is 0 Å². The molecule has 0 saturated carbocycles. The molecule has 2 rings (SSSR count). The molecule has 1 N–H and O–H groups in total. The topological polar surface area (TPSA) is 53.2 Å². The molecule has 158 valence electrons. The molecule has 0 aliphatic heterocycles. The van der Waals surface area contributed by atoms with Crippen LogP contribution in [0.4, 0.5) is 26.3 Å². The Bertz CT molecular complexity index is 810. The van der Waals surface area contributed by atoms with Gasteiger partial charge in [0.05, 0.1) is 23.3 Å². The Kier molecular flexibility index (Phi) is 7.32. The number of hydrogen-bond acceptors (Lipinski definition) is 4. The predicted molar refractivity (Wildman–Crippen MR) is 93.8 cm³/mol. The molecule has 3 atom stereocenters. The molecule has 10 heteroatoms. The van der Waals surface area contributed by atoms with Crippen LogP contribution in [-0.2, 0) is 17.1 Å². The maximum Gasteiger partial charge on any atom is 0.416 e. The average Bonchev–Trinajstić information content (AvgIpc) is 3.17. The Morgan fingerprint density at radius 2 is 1.69 bits per heavy atom. The number of benzene rings is 1. The van der Waals surface area contributed by atoms with Crippen molar-refractivity contribution in [3.63, 3.8) is 0 Å². The zero-order chi connectivity index (χ0) is 21.8. The zero-order valence-electron chi connectivity index (χ0n) is 15.1. The molecule has 1 aromatic heterocycles. The second-order valence-corrected chi connectivity index (χ2v) is 7.23. The fourth-order valence-corrected chi connectivity index (χ4v) is 3.54. The first-order valence-corrected chi connectivity index (χ1v) is 9.39. The van der Waals surface area contributed by atoms with Crippen molar-refractivity contribution in [2.45, 2.75) is 37.9 Å². The van der Waals surface area contributed by atoms with E-state index in [1.807, 2.05) is 0 Å². The van der Waals surface area contributed by atoms with Gasteiger partial charge in [-0.1, -0.05) is 13.0 Å². The second kappa shape index (κ2) is 9.15. The SMILES string of the molecule is CCCOC(c1cccs1)C(C#N)C(O)c1cc(C(F)(F)F)cc(C(F)(F)F)c1. The minimum absolute atomic E-state index is 0.0259. The van der Waals surface area contributed by atoms with Crippen LogP contribution in [0.15, 0.2) is 35.7 Å². The molecule has 0 aliphatic rings. The van der Waals surface area contributed by atoms with Crippen molar-refractivity contribution in [2.24, 2.45) is 5.92 Å². The minimum Gasteiger partial charge on any atom is -0.387 e. The van der Waals surface area contributed by atoms with Gasteiger partial charge in [-0.25, -0.2) is 0 Å². The number of nitrogens with zero attached hydrogens (tertiary/aromatic N) is 1. The molecule has 0 bridgehead atoms. The Hall–Kier alpha value is -2.09. The van der Waals surface area contributed by atoms with Crippen molar-refractivity contribution in [3.8, 4) is 6.07 Å². The molecule has 0 aliphatic carbocycles. The summed E-state index contributed by atoms with van der Waals surface area (Å²) in [6, 6.07) is 5.89. The van der Waals surface area contributed by atoms with Crippen molar-refractivity contribution >= 4 is 11.3 Å². The fraction of sp³-hybridized carbons (Fsp3) is 0.421. The van der Waals surface area contributed by atoms with Crippen LogP contribution in [0, 0.1) is 17.2 Å². The number of rotatable bonds is 7. The molecule has 0 spiro atoms. The molecule has 29 heavy (non-hydrogen) atoms. The van der Waals surface area contributed by atoms with Crippen LogP contribution in [0.1, 0.15) is 47.1 Å². The first-order valence-electron chi connectivity index (χ1n) is 8.51. The number of alkyl halides is 6. The van der Waals surface area contributed by atoms with Crippen LogP contribution in [0.2, 0.25) is 0 Å². The number of hydrogen-bond donors (Lipinski definition) is 1. The van der Waals surface area contributed by atoms with Crippen LogP contribution in [0.3, 0.4) is 0 Å². The van der Waals surface area contributed by atoms with E-state index in [0.717, 1.165) is 0 Å². The molecule has 1 heterocycles. The van der Waals surface area contributed by atoms with Gasteiger partial charge in [-0.05, 0) is 41.6 Å². The van der Waals surface area contributed by atoms with E-state index in [0.29, 0.717) is 23.4 Å². The number of ether oxygens (including phenoxy) is 1. The summed E-state index contributed by atoms with van der Waals surface area (Å²) in [5, 5.41) is 21.8. The van der Waals surface area contributed by atoms with Crippen molar-refractivity contribution in [2.75, 3.05) is 6.61 Å². The summed E-state index contributed by atoms with van der Waals surface area (Å²) < 4.78 is 84.2. The van der Waals surface area contributed by atoms with Gasteiger partial charge < -0.3 is 9.84 Å². The lowest BCUT2D eigenvalue weighted by Crippen LogP contribution is -2.23. The monoisotopic (exact) mass is 437 g/mol. The number of aliphatic hydroxyl groups excluding tert-OH is 1. The predicted octanol–water partition coefficient (Wildman–Crippen LogP) is 6.13. The summed E-state index contributed by atoms with van der Waals surface area (Å²) in [6.07, 6.45) is -12.5. The number of thiophene rings is 1. The van der Waals surface area contributed by atoms with E-state index < -0.39 is 47.2 Å². The van der Waals surface area contributed by atoms with Crippen LogP contribution in [-0.4, -0.2) is 11.7 Å². The third-order valence-corrected chi connectivity index (χ3v) is 5.03. The molecule has 0 saturated heterocycles. The van der Waals surface area contributed by atoms with Crippen LogP contribution in [0.5, 0.6) is 0 Å². The Morgan fingerprint density at radius 1 is 1.10 bits per heavy atom. The van der Waals surface area contributed by atoms with Crippen LogP contribution < -0.4 is 0 Å². The van der Waals surface area contributed by atoms with Crippen molar-refractivity contribution in [1.29, 1.82) is 5.26 Å². The summed E-state index contributed by atoms with van der Waals surface area (Å²) in [5.74, 6) is -1.41. The normalized spacial score (nSPS) is 15.6. The van der Waals surface area contributed by atoms with E-state index in [9.17, 15) is 36.7 Å². The number of nitriles is 1. The van der Waals surface area contributed by atoms with Crippen molar-refractivity contribution in [3.05, 3.63) is 57.3 Å². The van der Waals surface area contributed by atoms with E-state index in [2.05, 4.69) is 0 Å². The highest BCUT2D eigenvalue weighted by Crippen LogP contribution is 2.41. The highest BCUT2D eigenvalue weighted by atomic mass is 32.1. The standard InChI is InChI=1S/C19H17F6NO2S/c1-2-5-28-17(15-4-3-6-29-15)14(10-26)16(27)11-7-12(18(20,21)22)9-13(8-11)19(23,24)25/h3-4,6-9,14,16-17,27H,2,5H2,1H3. The van der Waals surface area contributed by atoms with E-state index in [1.165, 1.54) is 11.3 Å². The maximum atomic E-state index is 13.1. The first kappa shape index (κ1) is 23.2. The average molecular weight is 437 g/mol. The lowest BCUT2D eigenvalue weighted by Gasteiger charge is -2.26. The quantitative estimate of drug-likeness (QED) is 0.531. The summed E-state index contributed by atoms with van der Waals surface area (Å²) in [4.78, 5) is 0.534. The molecule has 1 aromatic carbocycles. The Labute approximate surface area is 167 Å². The molecule has 0 fully saturated rings. The third kappa shape index (κ3) is 5.72. The molecule has 0 amide bonds. The summed E-state index contributed by atoms with van der Waals surface area (Å²) in [5.41, 5.74) is -3.76. The van der Waals surface area contributed by atoms with E-state index in [1.54, 1.807) is 30.5 Å². The zero-order valence-corrected chi connectivity index (χ0v) is 15.9. The van der Waals surface area contributed by atoms with Gasteiger partial charge in [0.1, 0.15) is 12.0 Å². The molecular weight excluding hydrogens is 420 g/mol. The summed E-state index contributed by atoms with van der Waals surface area (Å²) in [6.45, 7) is 2.00. The van der Waals surface area contributed by atoms with Crippen molar-refractivity contribution < 1.29 is 36.2 Å².